The number of ketones is 1. The van der Waals surface area contributed by atoms with Crippen molar-refractivity contribution in [3.63, 3.8) is 0 Å². The molecule has 1 N–H and O–H groups in total. The van der Waals surface area contributed by atoms with Crippen LogP contribution in [0.3, 0.4) is 0 Å². The van der Waals surface area contributed by atoms with Crippen LogP contribution in [0.15, 0.2) is 42.5 Å². The highest BCUT2D eigenvalue weighted by Crippen LogP contribution is 2.19. The van der Waals surface area contributed by atoms with Crippen molar-refractivity contribution in [1.29, 1.82) is 0 Å². The first kappa shape index (κ1) is 20.7. The Bertz CT molecular complexity index is 1070. The smallest absolute Gasteiger partial charge is 0.307 e. The van der Waals surface area contributed by atoms with E-state index in [4.69, 9.17) is 16.7 Å². The second kappa shape index (κ2) is 8.57. The molecular weight excluding hydrogens is 395 g/mol. The predicted molar refractivity (Wildman–Crippen MR) is 108 cm³/mol. The molecule has 5 nitrogen and oxygen atoms in total. The Kier molecular flexibility index (Phi) is 6.13. The Hall–Kier alpha value is -2.99. The van der Waals surface area contributed by atoms with Crippen LogP contribution in [0.2, 0.25) is 5.02 Å². The van der Waals surface area contributed by atoms with Crippen molar-refractivity contribution in [2.75, 3.05) is 0 Å². The van der Waals surface area contributed by atoms with E-state index in [1.54, 1.807) is 29.8 Å². The third kappa shape index (κ3) is 4.90. The summed E-state index contributed by atoms with van der Waals surface area (Å²) >= 11 is 5.77. The zero-order valence-electron chi connectivity index (χ0n) is 16.1. The van der Waals surface area contributed by atoms with Gasteiger partial charge in [-0.05, 0) is 37.1 Å². The molecule has 0 unspecified atom stereocenters. The zero-order chi connectivity index (χ0) is 21.1. The van der Waals surface area contributed by atoms with E-state index in [0.717, 1.165) is 16.8 Å². The van der Waals surface area contributed by atoms with Gasteiger partial charge in [0, 0.05) is 23.2 Å². The van der Waals surface area contributed by atoms with E-state index in [0.29, 0.717) is 23.4 Å². The Morgan fingerprint density at radius 2 is 1.72 bits per heavy atom. The largest absolute Gasteiger partial charge is 0.481 e. The van der Waals surface area contributed by atoms with Gasteiger partial charge in [0.2, 0.25) is 0 Å². The minimum absolute atomic E-state index is 0.00204. The SMILES string of the molecule is Cc1nn(Cc2ccc(C(=O)Cc3ccc(F)c(Cl)c3)cc2)c(C)c1CC(=O)O. The van der Waals surface area contributed by atoms with Crippen LogP contribution in [0.25, 0.3) is 0 Å². The highest BCUT2D eigenvalue weighted by Gasteiger charge is 2.15. The van der Waals surface area contributed by atoms with Crippen LogP contribution in [0, 0.1) is 19.7 Å². The molecule has 1 heterocycles. The van der Waals surface area contributed by atoms with Crippen LogP contribution in [-0.4, -0.2) is 26.6 Å². The molecule has 0 atom stereocenters. The summed E-state index contributed by atoms with van der Waals surface area (Å²) in [6.45, 7) is 4.13. The number of Topliss-reactive ketones (excluding diaryl/α,β-unsaturated/α-hetero) is 1. The Morgan fingerprint density at radius 1 is 1.07 bits per heavy atom. The van der Waals surface area contributed by atoms with E-state index in [1.807, 2.05) is 19.1 Å². The van der Waals surface area contributed by atoms with Gasteiger partial charge in [-0.3, -0.25) is 14.3 Å². The quantitative estimate of drug-likeness (QED) is 0.582. The molecule has 3 aromatic rings. The molecule has 0 aliphatic heterocycles. The topological polar surface area (TPSA) is 72.2 Å². The second-order valence-corrected chi connectivity index (χ2v) is 7.33. The first-order valence-electron chi connectivity index (χ1n) is 9.05. The van der Waals surface area contributed by atoms with Gasteiger partial charge in [-0.25, -0.2) is 4.39 Å². The molecule has 0 fully saturated rings. The van der Waals surface area contributed by atoms with E-state index in [2.05, 4.69) is 5.10 Å². The van der Waals surface area contributed by atoms with Crippen molar-refractivity contribution in [3.8, 4) is 0 Å². The molecule has 0 aliphatic rings. The Balaban J connectivity index is 1.71. The van der Waals surface area contributed by atoms with Crippen molar-refractivity contribution in [1.82, 2.24) is 9.78 Å². The van der Waals surface area contributed by atoms with E-state index < -0.39 is 11.8 Å². The molecule has 0 radical (unpaired) electrons. The van der Waals surface area contributed by atoms with Crippen LogP contribution < -0.4 is 0 Å². The van der Waals surface area contributed by atoms with Gasteiger partial charge in [0.05, 0.1) is 23.7 Å². The van der Waals surface area contributed by atoms with Crippen molar-refractivity contribution in [2.45, 2.75) is 33.2 Å². The fourth-order valence-corrected chi connectivity index (χ4v) is 3.40. The number of halogens is 2. The lowest BCUT2D eigenvalue weighted by molar-refractivity contribution is -0.136. The van der Waals surface area contributed by atoms with Crippen LogP contribution >= 0.6 is 11.6 Å². The lowest BCUT2D eigenvalue weighted by Crippen LogP contribution is -2.07. The van der Waals surface area contributed by atoms with Gasteiger partial charge in [-0.1, -0.05) is 41.9 Å². The molecule has 150 valence electrons. The fraction of sp³-hybridized carbons (Fsp3) is 0.227. The van der Waals surface area contributed by atoms with Gasteiger partial charge >= 0.3 is 5.97 Å². The molecule has 7 heteroatoms. The second-order valence-electron chi connectivity index (χ2n) is 6.92. The van der Waals surface area contributed by atoms with Gasteiger partial charge < -0.3 is 5.11 Å². The van der Waals surface area contributed by atoms with Crippen LogP contribution in [0.4, 0.5) is 4.39 Å². The fourth-order valence-electron chi connectivity index (χ4n) is 3.20. The summed E-state index contributed by atoms with van der Waals surface area (Å²) in [5.74, 6) is -1.49. The molecule has 0 spiro atoms. The average Bonchev–Trinajstić information content (AvgIpc) is 2.92. The third-order valence-electron chi connectivity index (χ3n) is 4.82. The number of benzene rings is 2. The maximum atomic E-state index is 13.2. The van der Waals surface area contributed by atoms with Crippen LogP contribution in [0.1, 0.15) is 38.4 Å². The highest BCUT2D eigenvalue weighted by atomic mass is 35.5. The third-order valence-corrected chi connectivity index (χ3v) is 5.11. The highest BCUT2D eigenvalue weighted by molar-refractivity contribution is 6.30. The first-order chi connectivity index (χ1) is 13.7. The van der Waals surface area contributed by atoms with E-state index in [9.17, 15) is 14.0 Å². The van der Waals surface area contributed by atoms with Crippen LogP contribution in [-0.2, 0) is 24.2 Å². The molecule has 0 amide bonds. The van der Waals surface area contributed by atoms with Gasteiger partial charge in [0.1, 0.15) is 5.82 Å². The summed E-state index contributed by atoms with van der Waals surface area (Å²) in [5, 5.41) is 13.5. The summed E-state index contributed by atoms with van der Waals surface area (Å²) in [6, 6.07) is 11.4. The molecular formula is C22H20ClFN2O3. The molecule has 0 saturated heterocycles. The van der Waals surface area contributed by atoms with Gasteiger partial charge in [-0.2, -0.15) is 5.10 Å². The number of aryl methyl sites for hydroxylation is 1. The summed E-state index contributed by atoms with van der Waals surface area (Å²) in [5.41, 5.74) is 4.39. The molecule has 0 saturated carbocycles. The van der Waals surface area contributed by atoms with Crippen molar-refractivity contribution in [2.24, 2.45) is 0 Å². The summed E-state index contributed by atoms with van der Waals surface area (Å²) in [7, 11) is 0. The molecule has 0 bridgehead atoms. The molecule has 0 aliphatic carbocycles. The van der Waals surface area contributed by atoms with Crippen LogP contribution in [0.5, 0.6) is 0 Å². The molecule has 1 aromatic heterocycles. The summed E-state index contributed by atoms with van der Waals surface area (Å²) in [6.07, 6.45) is 0.0772. The van der Waals surface area contributed by atoms with E-state index >= 15 is 0 Å². The van der Waals surface area contributed by atoms with Crippen molar-refractivity contribution < 1.29 is 19.1 Å². The number of rotatable bonds is 7. The Morgan fingerprint density at radius 3 is 2.34 bits per heavy atom. The summed E-state index contributed by atoms with van der Waals surface area (Å²) in [4.78, 5) is 23.5. The lowest BCUT2D eigenvalue weighted by atomic mass is 10.0. The average molecular weight is 415 g/mol. The number of carbonyl (C=O) groups excluding carboxylic acids is 1. The monoisotopic (exact) mass is 414 g/mol. The number of hydrogen-bond donors (Lipinski definition) is 1. The van der Waals surface area contributed by atoms with E-state index in [-0.39, 0.29) is 23.6 Å². The minimum atomic E-state index is -0.888. The van der Waals surface area contributed by atoms with Gasteiger partial charge in [0.15, 0.2) is 5.78 Å². The number of carbonyl (C=O) groups is 2. The Labute approximate surface area is 172 Å². The number of hydrogen-bond acceptors (Lipinski definition) is 3. The lowest BCUT2D eigenvalue weighted by Gasteiger charge is -2.07. The number of aliphatic carboxylic acids is 1. The zero-order valence-corrected chi connectivity index (χ0v) is 16.8. The maximum Gasteiger partial charge on any atom is 0.307 e. The number of carboxylic acid groups (broad SMARTS) is 1. The molecule has 29 heavy (non-hydrogen) atoms. The van der Waals surface area contributed by atoms with Crippen molar-refractivity contribution >= 4 is 23.4 Å². The van der Waals surface area contributed by atoms with Crippen molar-refractivity contribution in [3.05, 3.63) is 86.9 Å². The van der Waals surface area contributed by atoms with Gasteiger partial charge in [0.25, 0.3) is 0 Å². The number of carboxylic acids is 1. The number of nitrogens with zero attached hydrogens (tertiary/aromatic N) is 2. The summed E-state index contributed by atoms with van der Waals surface area (Å²) < 4.78 is 15.0. The molecule has 3 rings (SSSR count). The minimum Gasteiger partial charge on any atom is -0.481 e. The number of aromatic nitrogens is 2. The standard InChI is InChI=1S/C22H20ClFN2O3/c1-13-18(11-22(28)29)14(2)26(25-13)12-15-3-6-17(7-4-15)21(27)10-16-5-8-20(24)19(23)9-16/h3-9H,10-12H2,1-2H3,(H,28,29). The first-order valence-corrected chi connectivity index (χ1v) is 9.43. The predicted octanol–water partition coefficient (Wildman–Crippen LogP) is 4.39. The molecule has 2 aromatic carbocycles. The van der Waals surface area contributed by atoms with E-state index in [1.165, 1.54) is 12.1 Å². The maximum absolute atomic E-state index is 13.2. The van der Waals surface area contributed by atoms with Gasteiger partial charge in [-0.15, -0.1) is 0 Å². The normalized spacial score (nSPS) is 10.9.